The third-order valence-corrected chi connectivity index (χ3v) is 13.3. The van der Waals surface area contributed by atoms with E-state index in [-0.39, 0.29) is 0 Å². The lowest BCUT2D eigenvalue weighted by molar-refractivity contribution is 1.07. The molecule has 0 aliphatic heterocycles. The Morgan fingerprint density at radius 2 is 0.672 bits per heavy atom. The Bertz CT molecular complexity index is 3860. The van der Waals surface area contributed by atoms with Gasteiger partial charge in [-0.05, 0) is 115 Å². The van der Waals surface area contributed by atoms with E-state index in [1.807, 2.05) is 42.5 Å². The van der Waals surface area contributed by atoms with Crippen LogP contribution in [-0.2, 0) is 0 Å². The molecule has 0 fully saturated rings. The lowest BCUT2D eigenvalue weighted by atomic mass is 9.88. The van der Waals surface area contributed by atoms with Crippen molar-refractivity contribution >= 4 is 32.6 Å². The topological polar surface area (TPSA) is 67.4 Å². The molecule has 0 amide bonds. The third-order valence-electron chi connectivity index (χ3n) is 13.3. The van der Waals surface area contributed by atoms with Crippen LogP contribution in [0.15, 0.2) is 224 Å². The first-order valence-corrected chi connectivity index (χ1v) is 22.5. The van der Waals surface area contributed by atoms with E-state index in [2.05, 4.69) is 193 Å². The second-order valence-corrected chi connectivity index (χ2v) is 17.0. The van der Waals surface area contributed by atoms with Crippen molar-refractivity contribution in [3.05, 3.63) is 230 Å². The molecule has 0 N–H and O–H groups in total. The highest BCUT2D eigenvalue weighted by atomic mass is 15.0. The van der Waals surface area contributed by atoms with Crippen LogP contribution in [0.3, 0.4) is 0 Å². The van der Waals surface area contributed by atoms with Gasteiger partial charge in [-0.1, -0.05) is 176 Å². The van der Waals surface area contributed by atoms with E-state index in [9.17, 15) is 5.26 Å². The van der Waals surface area contributed by atoms with Crippen LogP contribution in [0, 0.1) is 11.3 Å². The number of aromatic nitrogens is 4. The summed E-state index contributed by atoms with van der Waals surface area (Å²) in [6, 6.07) is 81.1. The number of fused-ring (bicyclic) bond motifs is 6. The van der Waals surface area contributed by atoms with Crippen molar-refractivity contribution in [2.24, 2.45) is 0 Å². The lowest BCUT2D eigenvalue weighted by Gasteiger charge is -2.15. The molecule has 0 bridgehead atoms. The third kappa shape index (κ3) is 6.35. The molecular weight excluding hydrogens is 815 g/mol. The summed E-state index contributed by atoms with van der Waals surface area (Å²) < 4.78 is 2.32. The number of nitriles is 1. The molecule has 310 valence electrons. The van der Waals surface area contributed by atoms with Crippen molar-refractivity contribution in [2.75, 3.05) is 0 Å². The lowest BCUT2D eigenvalue weighted by Crippen LogP contribution is -2.00. The van der Waals surface area contributed by atoms with E-state index in [0.717, 1.165) is 50.2 Å². The average Bonchev–Trinajstić information content (AvgIpc) is 3.92. The van der Waals surface area contributed by atoms with Crippen LogP contribution in [0.2, 0.25) is 0 Å². The fourth-order valence-electron chi connectivity index (χ4n) is 10.1. The molecule has 10 aromatic carbocycles. The molecule has 13 rings (SSSR count). The normalized spacial score (nSPS) is 11.6. The second-order valence-electron chi connectivity index (χ2n) is 17.0. The summed E-state index contributed by atoms with van der Waals surface area (Å²) in [6.07, 6.45) is 0. The van der Waals surface area contributed by atoms with Crippen molar-refractivity contribution in [3.8, 4) is 102 Å². The van der Waals surface area contributed by atoms with Crippen molar-refractivity contribution in [3.63, 3.8) is 0 Å². The van der Waals surface area contributed by atoms with Crippen LogP contribution < -0.4 is 0 Å². The van der Waals surface area contributed by atoms with E-state index in [1.54, 1.807) is 0 Å². The highest BCUT2D eigenvalue weighted by Crippen LogP contribution is 2.52. The predicted octanol–water partition coefficient (Wildman–Crippen LogP) is 15.6. The van der Waals surface area contributed by atoms with Crippen LogP contribution in [0.4, 0.5) is 0 Å². The zero-order valence-electron chi connectivity index (χ0n) is 36.1. The summed E-state index contributed by atoms with van der Waals surface area (Å²) in [4.78, 5) is 15.1. The minimum absolute atomic E-state index is 0.615. The predicted molar refractivity (Wildman–Crippen MR) is 273 cm³/mol. The molecule has 1 aliphatic rings. The van der Waals surface area contributed by atoms with Gasteiger partial charge in [0.15, 0.2) is 17.5 Å². The van der Waals surface area contributed by atoms with Crippen molar-refractivity contribution in [1.82, 2.24) is 19.5 Å². The maximum absolute atomic E-state index is 9.53. The second kappa shape index (κ2) is 15.5. The Morgan fingerprint density at radius 1 is 0.299 bits per heavy atom. The number of para-hydroxylation sites is 2. The van der Waals surface area contributed by atoms with E-state index in [4.69, 9.17) is 15.0 Å². The Morgan fingerprint density at radius 3 is 1.18 bits per heavy atom. The van der Waals surface area contributed by atoms with Gasteiger partial charge in [0.25, 0.3) is 0 Å². The number of benzene rings is 10. The molecule has 0 saturated heterocycles. The summed E-state index contributed by atoms with van der Waals surface area (Å²) in [5.41, 5.74) is 18.6. The highest BCUT2D eigenvalue weighted by Gasteiger charge is 2.25. The summed E-state index contributed by atoms with van der Waals surface area (Å²) >= 11 is 0. The van der Waals surface area contributed by atoms with Gasteiger partial charge in [0.2, 0.25) is 0 Å². The number of hydrogen-bond acceptors (Lipinski definition) is 4. The van der Waals surface area contributed by atoms with Crippen molar-refractivity contribution < 1.29 is 0 Å². The maximum Gasteiger partial charge on any atom is 0.164 e. The molecule has 2 heterocycles. The molecule has 0 saturated carbocycles. The first-order chi connectivity index (χ1) is 33.2. The van der Waals surface area contributed by atoms with Crippen LogP contribution in [-0.4, -0.2) is 19.5 Å². The minimum atomic E-state index is 0.615. The van der Waals surface area contributed by atoms with Gasteiger partial charge in [-0.15, -0.1) is 0 Å². The summed E-state index contributed by atoms with van der Waals surface area (Å²) in [5.74, 6) is 1.86. The van der Waals surface area contributed by atoms with Gasteiger partial charge in [0.05, 0.1) is 22.7 Å². The smallest absolute Gasteiger partial charge is 0.164 e. The van der Waals surface area contributed by atoms with Crippen LogP contribution >= 0.6 is 0 Å². The molecular formula is C62H37N5. The first-order valence-electron chi connectivity index (χ1n) is 22.5. The van der Waals surface area contributed by atoms with E-state index >= 15 is 0 Å². The minimum Gasteiger partial charge on any atom is -0.309 e. The van der Waals surface area contributed by atoms with Crippen LogP contribution in [0.5, 0.6) is 0 Å². The van der Waals surface area contributed by atoms with Crippen LogP contribution in [0.25, 0.3) is 128 Å². The van der Waals surface area contributed by atoms with Gasteiger partial charge < -0.3 is 4.57 Å². The highest BCUT2D eigenvalue weighted by molar-refractivity contribution is 6.22. The van der Waals surface area contributed by atoms with Gasteiger partial charge in [-0.3, -0.25) is 0 Å². The quantitative estimate of drug-likeness (QED) is 0.160. The monoisotopic (exact) mass is 851 g/mol. The fourth-order valence-corrected chi connectivity index (χ4v) is 10.1. The summed E-state index contributed by atoms with van der Waals surface area (Å²) in [7, 11) is 0. The summed E-state index contributed by atoms with van der Waals surface area (Å²) in [5, 5.41) is 14.5. The molecule has 1 aliphatic carbocycles. The molecule has 5 heteroatoms. The Hall–Kier alpha value is -9.24. The van der Waals surface area contributed by atoms with Gasteiger partial charge in [-0.25, -0.2) is 15.0 Å². The molecule has 0 radical (unpaired) electrons. The number of rotatable bonds is 7. The van der Waals surface area contributed by atoms with Gasteiger partial charge in [0.1, 0.15) is 0 Å². The van der Waals surface area contributed by atoms with Crippen molar-refractivity contribution in [1.29, 1.82) is 5.26 Å². The molecule has 0 atom stereocenters. The van der Waals surface area contributed by atoms with E-state index < -0.39 is 0 Å². The molecule has 5 nitrogen and oxygen atoms in total. The van der Waals surface area contributed by atoms with E-state index in [0.29, 0.717) is 23.0 Å². The zero-order valence-corrected chi connectivity index (χ0v) is 36.1. The fraction of sp³-hybridized carbons (Fsp3) is 0. The molecule has 12 aromatic rings. The molecule has 67 heavy (non-hydrogen) atoms. The molecule has 0 unspecified atom stereocenters. The van der Waals surface area contributed by atoms with Crippen LogP contribution in [0.1, 0.15) is 5.56 Å². The summed E-state index contributed by atoms with van der Waals surface area (Å²) in [6.45, 7) is 0. The number of hydrogen-bond donors (Lipinski definition) is 0. The Balaban J connectivity index is 0.846. The van der Waals surface area contributed by atoms with E-state index in [1.165, 1.54) is 60.4 Å². The average molecular weight is 852 g/mol. The molecule has 0 spiro atoms. The van der Waals surface area contributed by atoms with Crippen molar-refractivity contribution in [2.45, 2.75) is 0 Å². The van der Waals surface area contributed by atoms with Gasteiger partial charge in [0, 0.05) is 33.2 Å². The number of nitrogens with zero attached hydrogens (tertiary/aromatic N) is 5. The largest absolute Gasteiger partial charge is 0.309 e. The zero-order chi connectivity index (χ0) is 44.4. The first kappa shape index (κ1) is 38.2. The van der Waals surface area contributed by atoms with Gasteiger partial charge in [-0.2, -0.15) is 5.26 Å². The Labute approximate surface area is 387 Å². The maximum atomic E-state index is 9.53. The van der Waals surface area contributed by atoms with Gasteiger partial charge >= 0.3 is 0 Å². The SMILES string of the molecule is N#Cc1ccc(-c2ccc3c4c(ccc(-c5ccc(-c6ccc(-c7nc(-c8ccccc8)nc(-c8ccc(-n9c%10ccccc%10c%10ccccc%109)cc8)n7)cc6)cc5)c24)-c2ccccc2-3)cc1. The standard InChI is InChI=1S/C62H37N5/c63-38-39-18-20-42(21-19-39)48-34-36-54-50-12-4-5-13-51(50)55-37-35-49(58(48)59(54)55)43-26-22-40(23-27-43)41-24-28-45(29-25-41)61-64-60(44-10-2-1-3-11-44)65-62(66-61)46-30-32-47(33-31-46)67-56-16-8-6-14-52(56)53-15-7-9-17-57(53)67/h1-37H. The Kier molecular flexibility index (Phi) is 8.84. The molecule has 2 aromatic heterocycles.